The second-order valence-electron chi connectivity index (χ2n) is 4.09. The van der Waals surface area contributed by atoms with Crippen molar-refractivity contribution in [3.05, 3.63) is 24.0 Å². The zero-order valence-corrected chi connectivity index (χ0v) is 10.7. The molecular formula is C13H19FN2O2. The van der Waals surface area contributed by atoms with Gasteiger partial charge in [0, 0.05) is 12.6 Å². The first-order chi connectivity index (χ1) is 8.54. The van der Waals surface area contributed by atoms with E-state index >= 15 is 0 Å². The Morgan fingerprint density at radius 2 is 2.28 bits per heavy atom. The lowest BCUT2D eigenvalue weighted by Gasteiger charge is -2.14. The third-order valence-electron chi connectivity index (χ3n) is 2.48. The van der Waals surface area contributed by atoms with Gasteiger partial charge in [0.2, 0.25) is 0 Å². The Hall–Kier alpha value is -1.78. The SMILES string of the molecule is CCCCNC(=O)C(C)Oc1ccc(N)c(F)c1. The van der Waals surface area contributed by atoms with E-state index in [1.807, 2.05) is 6.92 Å². The molecule has 1 unspecified atom stereocenters. The van der Waals surface area contributed by atoms with E-state index in [-0.39, 0.29) is 11.6 Å². The Kier molecular flexibility index (Phi) is 5.42. The maximum atomic E-state index is 13.2. The van der Waals surface area contributed by atoms with Crippen molar-refractivity contribution in [2.45, 2.75) is 32.8 Å². The van der Waals surface area contributed by atoms with Crippen LogP contribution in [0.2, 0.25) is 0 Å². The van der Waals surface area contributed by atoms with Crippen molar-refractivity contribution >= 4 is 11.6 Å². The summed E-state index contributed by atoms with van der Waals surface area (Å²) < 4.78 is 18.5. The van der Waals surface area contributed by atoms with Gasteiger partial charge in [0.25, 0.3) is 5.91 Å². The van der Waals surface area contributed by atoms with Crippen molar-refractivity contribution in [1.29, 1.82) is 0 Å². The molecule has 0 aromatic heterocycles. The van der Waals surface area contributed by atoms with Gasteiger partial charge in [-0.25, -0.2) is 4.39 Å². The number of ether oxygens (including phenoxy) is 1. The number of nitrogens with one attached hydrogen (secondary N) is 1. The number of amides is 1. The van der Waals surface area contributed by atoms with Crippen LogP contribution in [0.5, 0.6) is 5.75 Å². The van der Waals surface area contributed by atoms with Crippen LogP contribution in [0.1, 0.15) is 26.7 Å². The molecule has 0 aliphatic heterocycles. The van der Waals surface area contributed by atoms with Crippen LogP contribution < -0.4 is 15.8 Å². The van der Waals surface area contributed by atoms with Gasteiger partial charge in [-0.2, -0.15) is 0 Å². The Labute approximate surface area is 106 Å². The van der Waals surface area contributed by atoms with Crippen molar-refractivity contribution in [3.63, 3.8) is 0 Å². The van der Waals surface area contributed by atoms with Gasteiger partial charge in [-0.1, -0.05) is 13.3 Å². The van der Waals surface area contributed by atoms with Crippen LogP contribution in [-0.4, -0.2) is 18.6 Å². The fraction of sp³-hybridized carbons (Fsp3) is 0.462. The number of halogens is 1. The monoisotopic (exact) mass is 254 g/mol. The number of benzene rings is 1. The Morgan fingerprint density at radius 3 is 2.89 bits per heavy atom. The van der Waals surface area contributed by atoms with Crippen LogP contribution in [0, 0.1) is 5.82 Å². The van der Waals surface area contributed by atoms with Crippen molar-refractivity contribution in [2.75, 3.05) is 12.3 Å². The summed E-state index contributed by atoms with van der Waals surface area (Å²) >= 11 is 0. The number of nitrogen functional groups attached to an aromatic ring is 1. The molecule has 1 atom stereocenters. The first kappa shape index (κ1) is 14.3. The zero-order valence-electron chi connectivity index (χ0n) is 10.7. The molecule has 4 nitrogen and oxygen atoms in total. The summed E-state index contributed by atoms with van der Waals surface area (Å²) in [6.45, 7) is 4.29. The average Bonchev–Trinajstić information content (AvgIpc) is 2.34. The van der Waals surface area contributed by atoms with Crippen LogP contribution in [-0.2, 0) is 4.79 Å². The molecule has 0 radical (unpaired) electrons. The number of carbonyl (C=O) groups is 1. The molecular weight excluding hydrogens is 235 g/mol. The van der Waals surface area contributed by atoms with Crippen molar-refractivity contribution in [1.82, 2.24) is 5.32 Å². The minimum Gasteiger partial charge on any atom is -0.481 e. The van der Waals surface area contributed by atoms with Crippen molar-refractivity contribution in [3.8, 4) is 5.75 Å². The Bertz CT molecular complexity index is 410. The molecule has 0 aliphatic rings. The molecule has 100 valence electrons. The average molecular weight is 254 g/mol. The molecule has 0 heterocycles. The summed E-state index contributed by atoms with van der Waals surface area (Å²) in [6.07, 6.45) is 1.28. The largest absolute Gasteiger partial charge is 0.481 e. The molecule has 0 spiro atoms. The summed E-state index contributed by atoms with van der Waals surface area (Å²) in [4.78, 5) is 11.6. The quantitative estimate of drug-likeness (QED) is 0.603. The first-order valence-corrected chi connectivity index (χ1v) is 6.04. The highest BCUT2D eigenvalue weighted by Crippen LogP contribution is 2.19. The van der Waals surface area contributed by atoms with Gasteiger partial charge in [-0.3, -0.25) is 4.79 Å². The number of rotatable bonds is 6. The third kappa shape index (κ3) is 4.24. The van der Waals surface area contributed by atoms with E-state index in [4.69, 9.17) is 10.5 Å². The summed E-state index contributed by atoms with van der Waals surface area (Å²) in [5.74, 6) is -0.466. The van der Waals surface area contributed by atoms with Crippen LogP contribution in [0.4, 0.5) is 10.1 Å². The number of unbranched alkanes of at least 4 members (excludes halogenated alkanes) is 1. The highest BCUT2D eigenvalue weighted by molar-refractivity contribution is 5.80. The van der Waals surface area contributed by atoms with E-state index in [0.29, 0.717) is 12.3 Å². The molecule has 1 aromatic rings. The highest BCUT2D eigenvalue weighted by Gasteiger charge is 2.14. The van der Waals surface area contributed by atoms with Crippen LogP contribution >= 0.6 is 0 Å². The number of anilines is 1. The van der Waals surface area contributed by atoms with Crippen molar-refractivity contribution in [2.24, 2.45) is 0 Å². The number of carbonyl (C=O) groups excluding carboxylic acids is 1. The third-order valence-corrected chi connectivity index (χ3v) is 2.48. The number of hydrogen-bond donors (Lipinski definition) is 2. The molecule has 0 bridgehead atoms. The van der Waals surface area contributed by atoms with Gasteiger partial charge >= 0.3 is 0 Å². The zero-order chi connectivity index (χ0) is 13.5. The van der Waals surface area contributed by atoms with Crippen LogP contribution in [0.25, 0.3) is 0 Å². The van der Waals surface area contributed by atoms with E-state index in [1.165, 1.54) is 18.2 Å². The van der Waals surface area contributed by atoms with E-state index in [1.54, 1.807) is 6.92 Å². The Balaban J connectivity index is 2.50. The minimum absolute atomic E-state index is 0.0578. The molecule has 0 saturated carbocycles. The summed E-state index contributed by atoms with van der Waals surface area (Å²) in [5.41, 5.74) is 5.41. The molecule has 18 heavy (non-hydrogen) atoms. The van der Waals surface area contributed by atoms with Crippen LogP contribution in [0.15, 0.2) is 18.2 Å². The van der Waals surface area contributed by atoms with Crippen LogP contribution in [0.3, 0.4) is 0 Å². The van der Waals surface area contributed by atoms with E-state index < -0.39 is 11.9 Å². The van der Waals surface area contributed by atoms with Gasteiger partial charge in [0.15, 0.2) is 6.10 Å². The molecule has 0 saturated heterocycles. The first-order valence-electron chi connectivity index (χ1n) is 6.04. The topological polar surface area (TPSA) is 64.3 Å². The minimum atomic E-state index is -0.662. The van der Waals surface area contributed by atoms with E-state index in [2.05, 4.69) is 5.32 Å². The number of nitrogens with two attached hydrogens (primary N) is 1. The molecule has 1 aromatic carbocycles. The highest BCUT2D eigenvalue weighted by atomic mass is 19.1. The molecule has 1 rings (SSSR count). The second-order valence-corrected chi connectivity index (χ2v) is 4.09. The van der Waals surface area contributed by atoms with Gasteiger partial charge in [0.05, 0.1) is 5.69 Å². The summed E-state index contributed by atoms with van der Waals surface area (Å²) in [5, 5.41) is 2.75. The van der Waals surface area contributed by atoms with Gasteiger partial charge in [-0.05, 0) is 25.5 Å². The lowest BCUT2D eigenvalue weighted by Crippen LogP contribution is -2.36. The number of hydrogen-bond acceptors (Lipinski definition) is 3. The molecule has 3 N–H and O–H groups in total. The molecule has 0 aliphatic carbocycles. The smallest absolute Gasteiger partial charge is 0.260 e. The van der Waals surface area contributed by atoms with E-state index in [9.17, 15) is 9.18 Å². The molecule has 1 amide bonds. The fourth-order valence-corrected chi connectivity index (χ4v) is 1.37. The standard InChI is InChI=1S/C13H19FN2O2/c1-3-4-7-16-13(17)9(2)18-10-5-6-12(15)11(14)8-10/h5-6,8-9H,3-4,7,15H2,1-2H3,(H,16,17). The lowest BCUT2D eigenvalue weighted by molar-refractivity contribution is -0.127. The summed E-state index contributed by atoms with van der Waals surface area (Å²) in [6, 6.07) is 4.12. The lowest BCUT2D eigenvalue weighted by atomic mass is 10.3. The van der Waals surface area contributed by atoms with Gasteiger partial charge in [0.1, 0.15) is 11.6 Å². The normalized spacial score (nSPS) is 11.9. The summed E-state index contributed by atoms with van der Waals surface area (Å²) in [7, 11) is 0. The Morgan fingerprint density at radius 1 is 1.56 bits per heavy atom. The maximum Gasteiger partial charge on any atom is 0.260 e. The molecule has 0 fully saturated rings. The van der Waals surface area contributed by atoms with Gasteiger partial charge in [-0.15, -0.1) is 0 Å². The van der Waals surface area contributed by atoms with E-state index in [0.717, 1.165) is 12.8 Å². The fourth-order valence-electron chi connectivity index (χ4n) is 1.37. The predicted octanol–water partition coefficient (Wildman–Crippen LogP) is 2.09. The second kappa shape index (κ2) is 6.83. The van der Waals surface area contributed by atoms with Gasteiger partial charge < -0.3 is 15.8 Å². The maximum absolute atomic E-state index is 13.2. The predicted molar refractivity (Wildman–Crippen MR) is 68.8 cm³/mol. The van der Waals surface area contributed by atoms with Crippen molar-refractivity contribution < 1.29 is 13.9 Å². The molecule has 5 heteroatoms.